The van der Waals surface area contributed by atoms with E-state index in [4.69, 9.17) is 4.74 Å². The number of rotatable bonds is 7. The Balaban J connectivity index is 1.36. The summed E-state index contributed by atoms with van der Waals surface area (Å²) in [5, 5.41) is 0. The molecule has 36 heavy (non-hydrogen) atoms. The third kappa shape index (κ3) is 3.41. The van der Waals surface area contributed by atoms with Gasteiger partial charge in [-0.15, -0.1) is 0 Å². The molecule has 1 aliphatic heterocycles. The molecule has 1 fully saturated rings. The van der Waals surface area contributed by atoms with E-state index in [9.17, 15) is 14.4 Å². The standard InChI is InChI=1S/C31H29NO4/c1-2-3-4-5-18-25(33)36-24-17-11-10-16-23(24)32-30(34)28-26-19-12-6-7-13-20(19)27(29(28)31(32)35)22-15-9-8-14-21(22)26/h6-17,26-29H,2-5,18H2,1H3/t26?,27?,28-,29-/m1/s1. The fourth-order valence-corrected chi connectivity index (χ4v) is 6.51. The molecule has 5 heteroatoms. The van der Waals surface area contributed by atoms with Crippen LogP contribution in [-0.4, -0.2) is 17.8 Å². The molecule has 182 valence electrons. The number of hydrogen-bond acceptors (Lipinski definition) is 4. The predicted octanol–water partition coefficient (Wildman–Crippen LogP) is 5.96. The van der Waals surface area contributed by atoms with E-state index >= 15 is 0 Å². The van der Waals surface area contributed by atoms with Crippen LogP contribution in [0.3, 0.4) is 0 Å². The van der Waals surface area contributed by atoms with Crippen molar-refractivity contribution in [2.24, 2.45) is 11.8 Å². The molecule has 1 saturated heterocycles. The highest BCUT2D eigenvalue weighted by molar-refractivity contribution is 6.24. The number of nitrogens with zero attached hydrogens (tertiary/aromatic N) is 1. The molecule has 3 aromatic rings. The first-order chi connectivity index (χ1) is 17.6. The minimum Gasteiger partial charge on any atom is -0.424 e. The van der Waals surface area contributed by atoms with Crippen molar-refractivity contribution in [2.75, 3.05) is 4.90 Å². The van der Waals surface area contributed by atoms with Gasteiger partial charge < -0.3 is 4.74 Å². The number of benzene rings is 3. The zero-order valence-electron chi connectivity index (χ0n) is 20.4. The summed E-state index contributed by atoms with van der Waals surface area (Å²) < 4.78 is 5.70. The number of esters is 1. The smallest absolute Gasteiger partial charge is 0.311 e. The summed E-state index contributed by atoms with van der Waals surface area (Å²) in [4.78, 5) is 41.9. The normalized spacial score (nSPS) is 23.3. The van der Waals surface area contributed by atoms with Crippen LogP contribution in [0.1, 0.15) is 73.1 Å². The zero-order valence-corrected chi connectivity index (χ0v) is 20.4. The fraction of sp³-hybridized carbons (Fsp3) is 0.323. The number of unbranched alkanes of at least 4 members (excludes halogenated alkanes) is 3. The van der Waals surface area contributed by atoms with Crippen LogP contribution in [0.4, 0.5) is 5.69 Å². The van der Waals surface area contributed by atoms with E-state index in [-0.39, 0.29) is 35.4 Å². The lowest BCUT2D eigenvalue weighted by Crippen LogP contribution is -2.41. The van der Waals surface area contributed by atoms with E-state index in [0.717, 1.165) is 47.9 Å². The maximum absolute atomic E-state index is 14.0. The Morgan fingerprint density at radius 1 is 0.722 bits per heavy atom. The number of para-hydroxylation sites is 2. The number of ether oxygens (including phenoxy) is 1. The Morgan fingerprint density at radius 2 is 1.22 bits per heavy atom. The summed E-state index contributed by atoms with van der Waals surface area (Å²) in [6.45, 7) is 2.12. The second-order valence-corrected chi connectivity index (χ2v) is 10.0. The molecular formula is C31H29NO4. The minimum atomic E-state index is -0.467. The minimum absolute atomic E-state index is 0.165. The Hall–Kier alpha value is -3.73. The first-order valence-electron chi connectivity index (χ1n) is 13.0. The Morgan fingerprint density at radius 3 is 1.75 bits per heavy atom. The topological polar surface area (TPSA) is 63.7 Å². The molecule has 5 nitrogen and oxygen atoms in total. The van der Waals surface area contributed by atoms with Crippen LogP contribution >= 0.6 is 0 Å². The molecule has 3 aromatic carbocycles. The van der Waals surface area contributed by atoms with Crippen LogP contribution in [-0.2, 0) is 14.4 Å². The van der Waals surface area contributed by atoms with Crippen molar-refractivity contribution in [3.63, 3.8) is 0 Å². The van der Waals surface area contributed by atoms with Crippen LogP contribution < -0.4 is 9.64 Å². The summed E-state index contributed by atoms with van der Waals surface area (Å²) in [6, 6.07) is 23.3. The number of carbonyl (C=O) groups is 3. The monoisotopic (exact) mass is 479 g/mol. The molecule has 0 radical (unpaired) electrons. The molecule has 4 aliphatic rings. The van der Waals surface area contributed by atoms with Crippen molar-refractivity contribution in [3.05, 3.63) is 95.1 Å². The quantitative estimate of drug-likeness (QED) is 0.182. The van der Waals surface area contributed by atoms with Crippen molar-refractivity contribution in [2.45, 2.75) is 50.9 Å². The number of amides is 2. The van der Waals surface area contributed by atoms with Gasteiger partial charge in [0.05, 0.1) is 17.5 Å². The van der Waals surface area contributed by atoms with E-state index in [2.05, 4.69) is 31.2 Å². The van der Waals surface area contributed by atoms with Gasteiger partial charge in [-0.05, 0) is 40.8 Å². The molecule has 2 bridgehead atoms. The number of carbonyl (C=O) groups excluding carboxylic acids is 3. The van der Waals surface area contributed by atoms with Crippen LogP contribution in [0.2, 0.25) is 0 Å². The SMILES string of the molecule is CCCCCCC(=O)Oc1ccccc1N1C(=O)[C@@H]2C3c4ccccc4C(c4ccccc43)[C@H]2C1=O. The molecular weight excluding hydrogens is 450 g/mol. The van der Waals surface area contributed by atoms with Gasteiger partial charge in [0.25, 0.3) is 0 Å². The van der Waals surface area contributed by atoms with Gasteiger partial charge in [0.1, 0.15) is 0 Å². The second kappa shape index (κ2) is 9.05. The molecule has 0 spiro atoms. The van der Waals surface area contributed by atoms with Gasteiger partial charge in [0.15, 0.2) is 5.75 Å². The van der Waals surface area contributed by atoms with E-state index < -0.39 is 11.8 Å². The summed E-state index contributed by atoms with van der Waals surface area (Å²) in [5.41, 5.74) is 4.90. The summed E-state index contributed by atoms with van der Waals surface area (Å²) in [6.07, 6.45) is 4.23. The van der Waals surface area contributed by atoms with Crippen molar-refractivity contribution in [1.82, 2.24) is 0 Å². The van der Waals surface area contributed by atoms with E-state index in [1.807, 2.05) is 24.3 Å². The van der Waals surface area contributed by atoms with E-state index in [0.29, 0.717) is 12.1 Å². The Bertz CT molecular complexity index is 1250. The molecule has 2 atom stereocenters. The third-order valence-corrected chi connectivity index (χ3v) is 8.01. The van der Waals surface area contributed by atoms with Gasteiger partial charge in [0.2, 0.25) is 11.8 Å². The Kier molecular flexibility index (Phi) is 5.71. The van der Waals surface area contributed by atoms with Gasteiger partial charge in [-0.1, -0.05) is 86.8 Å². The van der Waals surface area contributed by atoms with Crippen molar-refractivity contribution in [1.29, 1.82) is 0 Å². The summed E-state index contributed by atoms with van der Waals surface area (Å²) >= 11 is 0. The highest BCUT2D eigenvalue weighted by Gasteiger charge is 2.62. The number of anilines is 1. The largest absolute Gasteiger partial charge is 0.424 e. The fourth-order valence-electron chi connectivity index (χ4n) is 6.51. The summed E-state index contributed by atoms with van der Waals surface area (Å²) in [7, 11) is 0. The molecule has 1 heterocycles. The lowest BCUT2D eigenvalue weighted by molar-refractivity contribution is -0.134. The lowest BCUT2D eigenvalue weighted by Gasteiger charge is -2.45. The molecule has 7 rings (SSSR count). The number of hydrogen-bond donors (Lipinski definition) is 0. The highest BCUT2D eigenvalue weighted by Crippen LogP contribution is 2.61. The average molecular weight is 480 g/mol. The first kappa shape index (κ1) is 22.7. The summed E-state index contributed by atoms with van der Waals surface area (Å²) in [5.74, 6) is -1.76. The van der Waals surface area contributed by atoms with Crippen molar-refractivity contribution >= 4 is 23.5 Å². The van der Waals surface area contributed by atoms with Gasteiger partial charge in [0, 0.05) is 18.3 Å². The predicted molar refractivity (Wildman–Crippen MR) is 137 cm³/mol. The first-order valence-corrected chi connectivity index (χ1v) is 13.0. The van der Waals surface area contributed by atoms with Crippen molar-refractivity contribution < 1.29 is 19.1 Å². The van der Waals surface area contributed by atoms with E-state index in [1.165, 1.54) is 4.90 Å². The molecule has 0 N–H and O–H groups in total. The van der Waals surface area contributed by atoms with E-state index in [1.54, 1.807) is 24.3 Å². The van der Waals surface area contributed by atoms with Gasteiger partial charge >= 0.3 is 5.97 Å². The van der Waals surface area contributed by atoms with Crippen molar-refractivity contribution in [3.8, 4) is 5.75 Å². The van der Waals surface area contributed by atoms with Crippen LogP contribution in [0.5, 0.6) is 5.75 Å². The Labute approximate surface area is 211 Å². The molecule has 0 saturated carbocycles. The van der Waals surface area contributed by atoms with Crippen LogP contribution in [0.25, 0.3) is 0 Å². The third-order valence-electron chi connectivity index (χ3n) is 8.01. The average Bonchev–Trinajstić information content (AvgIpc) is 3.17. The second-order valence-electron chi connectivity index (χ2n) is 10.0. The van der Waals surface area contributed by atoms with Gasteiger partial charge in [-0.25, -0.2) is 4.90 Å². The van der Waals surface area contributed by atoms with Crippen LogP contribution in [0, 0.1) is 11.8 Å². The van der Waals surface area contributed by atoms with Crippen LogP contribution in [0.15, 0.2) is 72.8 Å². The molecule has 0 aromatic heterocycles. The number of imide groups is 1. The van der Waals surface area contributed by atoms with Gasteiger partial charge in [-0.2, -0.15) is 0 Å². The maximum Gasteiger partial charge on any atom is 0.311 e. The maximum atomic E-state index is 14.0. The van der Waals surface area contributed by atoms with Gasteiger partial charge in [-0.3, -0.25) is 14.4 Å². The highest BCUT2D eigenvalue weighted by atomic mass is 16.5. The molecule has 0 unspecified atom stereocenters. The lowest BCUT2D eigenvalue weighted by atomic mass is 9.55. The molecule has 3 aliphatic carbocycles. The molecule has 2 amide bonds. The zero-order chi connectivity index (χ0) is 24.8.